The number of amidine groups is 1. The molecule has 1 aliphatic rings. The zero-order chi connectivity index (χ0) is 21.6. The number of ether oxygens (including phenoxy) is 1. The van der Waals surface area contributed by atoms with Crippen molar-refractivity contribution in [3.63, 3.8) is 0 Å². The third-order valence-electron chi connectivity index (χ3n) is 4.42. The number of thioether (sulfide) groups is 1. The Morgan fingerprint density at radius 3 is 2.55 bits per heavy atom. The number of rotatable bonds is 5. The summed E-state index contributed by atoms with van der Waals surface area (Å²) < 4.78 is 18.8. The van der Waals surface area contributed by atoms with Crippen LogP contribution in [0.5, 0.6) is 5.75 Å². The van der Waals surface area contributed by atoms with E-state index in [1.165, 1.54) is 23.9 Å². The number of benzene rings is 3. The van der Waals surface area contributed by atoms with E-state index >= 15 is 0 Å². The Bertz CT molecular complexity index is 1210. The number of hydrogen-bond acceptors (Lipinski definition) is 5. The maximum Gasteiger partial charge on any atom is 0.264 e. The maximum absolute atomic E-state index is 13.0. The highest BCUT2D eigenvalue weighted by Crippen LogP contribution is 2.28. The second-order valence-electron chi connectivity index (χ2n) is 6.58. The fourth-order valence-corrected chi connectivity index (χ4v) is 3.68. The van der Waals surface area contributed by atoms with Crippen LogP contribution in [-0.2, 0) is 11.4 Å². The molecule has 1 fully saturated rings. The predicted octanol–water partition coefficient (Wildman–Crippen LogP) is 5.17. The lowest BCUT2D eigenvalue weighted by atomic mass is 10.1. The van der Waals surface area contributed by atoms with Crippen LogP contribution in [0.25, 0.3) is 6.08 Å². The summed E-state index contributed by atoms with van der Waals surface area (Å²) in [5.41, 5.74) is 2.81. The van der Waals surface area contributed by atoms with Gasteiger partial charge < -0.3 is 10.1 Å². The first-order valence-electron chi connectivity index (χ1n) is 9.37. The zero-order valence-corrected chi connectivity index (χ0v) is 17.0. The molecular formula is C24H16FN3O2S. The van der Waals surface area contributed by atoms with Crippen LogP contribution in [0.15, 0.2) is 82.7 Å². The summed E-state index contributed by atoms with van der Waals surface area (Å²) in [5, 5.41) is 12.3. The summed E-state index contributed by atoms with van der Waals surface area (Å²) in [5.74, 6) is 0.0885. The average molecular weight is 429 g/mol. The quantitative estimate of drug-likeness (QED) is 0.568. The molecule has 5 nitrogen and oxygen atoms in total. The monoisotopic (exact) mass is 429 g/mol. The van der Waals surface area contributed by atoms with Gasteiger partial charge in [-0.1, -0.05) is 30.3 Å². The zero-order valence-electron chi connectivity index (χ0n) is 16.2. The van der Waals surface area contributed by atoms with Gasteiger partial charge in [-0.25, -0.2) is 9.38 Å². The van der Waals surface area contributed by atoms with E-state index in [0.29, 0.717) is 33.7 Å². The Balaban J connectivity index is 1.41. The Morgan fingerprint density at radius 2 is 1.81 bits per heavy atom. The normalized spacial score (nSPS) is 15.7. The van der Waals surface area contributed by atoms with Crippen LogP contribution < -0.4 is 10.1 Å². The van der Waals surface area contributed by atoms with Gasteiger partial charge in [0.2, 0.25) is 0 Å². The van der Waals surface area contributed by atoms with Gasteiger partial charge in [0.25, 0.3) is 5.91 Å². The van der Waals surface area contributed by atoms with Gasteiger partial charge in [0.1, 0.15) is 18.2 Å². The lowest BCUT2D eigenvalue weighted by molar-refractivity contribution is -0.115. The van der Waals surface area contributed by atoms with Gasteiger partial charge in [0.15, 0.2) is 5.17 Å². The van der Waals surface area contributed by atoms with Gasteiger partial charge in [-0.3, -0.25) is 4.79 Å². The molecule has 0 aliphatic carbocycles. The Morgan fingerprint density at radius 1 is 1.06 bits per heavy atom. The number of halogens is 1. The molecule has 4 rings (SSSR count). The summed E-state index contributed by atoms with van der Waals surface area (Å²) in [6.45, 7) is 0.297. The van der Waals surface area contributed by atoms with E-state index in [4.69, 9.17) is 10.00 Å². The van der Waals surface area contributed by atoms with Crippen LogP contribution in [0.2, 0.25) is 0 Å². The maximum atomic E-state index is 13.0. The van der Waals surface area contributed by atoms with Crippen molar-refractivity contribution in [2.75, 3.05) is 0 Å². The molecule has 7 heteroatoms. The molecule has 0 unspecified atom stereocenters. The van der Waals surface area contributed by atoms with Crippen LogP contribution in [0.1, 0.15) is 16.7 Å². The summed E-state index contributed by atoms with van der Waals surface area (Å²) in [6, 6.07) is 22.5. The third kappa shape index (κ3) is 5.18. The topological polar surface area (TPSA) is 74.5 Å². The van der Waals surface area contributed by atoms with Gasteiger partial charge in [-0.2, -0.15) is 5.26 Å². The minimum Gasteiger partial charge on any atom is -0.489 e. The fourth-order valence-electron chi connectivity index (χ4n) is 2.84. The molecule has 3 aromatic rings. The van der Waals surface area contributed by atoms with E-state index in [0.717, 1.165) is 11.1 Å². The first-order valence-corrected chi connectivity index (χ1v) is 10.2. The molecule has 0 atom stereocenters. The van der Waals surface area contributed by atoms with E-state index in [-0.39, 0.29) is 11.7 Å². The number of nitriles is 1. The Kier molecular flexibility index (Phi) is 6.11. The van der Waals surface area contributed by atoms with E-state index in [2.05, 4.69) is 16.4 Å². The van der Waals surface area contributed by atoms with Crippen molar-refractivity contribution in [1.82, 2.24) is 5.32 Å². The highest BCUT2D eigenvalue weighted by atomic mass is 32.2. The smallest absolute Gasteiger partial charge is 0.264 e. The second kappa shape index (κ2) is 9.28. The molecular weight excluding hydrogens is 413 g/mol. The van der Waals surface area contributed by atoms with Crippen molar-refractivity contribution >= 4 is 34.6 Å². The third-order valence-corrected chi connectivity index (χ3v) is 5.33. The summed E-state index contributed by atoms with van der Waals surface area (Å²) in [4.78, 5) is 17.1. The minimum atomic E-state index is -0.339. The van der Waals surface area contributed by atoms with Crippen molar-refractivity contribution in [3.8, 4) is 11.8 Å². The fraction of sp³-hybridized carbons (Fsp3) is 0.0417. The molecule has 1 N–H and O–H groups in total. The van der Waals surface area contributed by atoms with E-state index < -0.39 is 0 Å². The van der Waals surface area contributed by atoms with E-state index in [1.807, 2.05) is 42.5 Å². The van der Waals surface area contributed by atoms with Crippen LogP contribution in [-0.4, -0.2) is 11.1 Å². The predicted molar refractivity (Wildman–Crippen MR) is 119 cm³/mol. The molecule has 1 heterocycles. The largest absolute Gasteiger partial charge is 0.489 e. The standard InChI is InChI=1S/C24H16FN3O2S/c25-19-7-9-20(10-8-19)27-24-28-23(29)22(31-24)13-16-5-11-21(12-6-16)30-15-18-4-2-1-3-17(18)14-26/h1-13H,15H2,(H,27,28,29)/b22-13+. The summed E-state index contributed by atoms with van der Waals surface area (Å²) in [6.07, 6.45) is 1.77. The number of carbonyl (C=O) groups excluding carboxylic acids is 1. The highest BCUT2D eigenvalue weighted by Gasteiger charge is 2.23. The molecule has 0 saturated carbocycles. The Labute approximate surface area is 182 Å². The summed E-state index contributed by atoms with van der Waals surface area (Å²) >= 11 is 1.22. The average Bonchev–Trinajstić information content (AvgIpc) is 3.13. The molecule has 1 aliphatic heterocycles. The SMILES string of the molecule is N#Cc1ccccc1COc1ccc(/C=C2/SC(=Nc3ccc(F)cc3)NC2=O)cc1. The van der Waals surface area contributed by atoms with Gasteiger partial charge in [0.05, 0.1) is 22.2 Å². The molecule has 1 amide bonds. The van der Waals surface area contributed by atoms with Gasteiger partial charge in [0, 0.05) is 5.56 Å². The molecule has 0 bridgehead atoms. The van der Waals surface area contributed by atoms with Crippen LogP contribution in [0, 0.1) is 17.1 Å². The van der Waals surface area contributed by atoms with E-state index in [9.17, 15) is 9.18 Å². The number of aliphatic imine (C=N–C) groups is 1. The van der Waals surface area contributed by atoms with Gasteiger partial charge in [-0.05, 0) is 65.9 Å². The van der Waals surface area contributed by atoms with Crippen molar-refractivity contribution < 1.29 is 13.9 Å². The minimum absolute atomic E-state index is 0.237. The van der Waals surface area contributed by atoms with E-state index in [1.54, 1.807) is 24.3 Å². The van der Waals surface area contributed by atoms with Crippen molar-refractivity contribution in [2.45, 2.75) is 6.61 Å². The highest BCUT2D eigenvalue weighted by molar-refractivity contribution is 8.18. The molecule has 0 spiro atoms. The van der Waals surface area contributed by atoms with Crippen molar-refractivity contribution in [3.05, 3.63) is 100 Å². The van der Waals surface area contributed by atoms with Crippen molar-refractivity contribution in [2.24, 2.45) is 4.99 Å². The Hall–Kier alpha value is -3.89. The number of carbonyl (C=O) groups is 1. The van der Waals surface area contributed by atoms with Gasteiger partial charge in [-0.15, -0.1) is 0 Å². The molecule has 0 radical (unpaired) electrons. The molecule has 0 aromatic heterocycles. The molecule has 152 valence electrons. The number of hydrogen-bond donors (Lipinski definition) is 1. The lowest BCUT2D eigenvalue weighted by Gasteiger charge is -2.07. The van der Waals surface area contributed by atoms with Crippen molar-refractivity contribution in [1.29, 1.82) is 5.26 Å². The molecule has 1 saturated heterocycles. The van der Waals surface area contributed by atoms with Crippen LogP contribution in [0.4, 0.5) is 10.1 Å². The van der Waals surface area contributed by atoms with Gasteiger partial charge >= 0.3 is 0 Å². The number of amides is 1. The lowest BCUT2D eigenvalue weighted by Crippen LogP contribution is -2.19. The summed E-state index contributed by atoms with van der Waals surface area (Å²) in [7, 11) is 0. The van der Waals surface area contributed by atoms with Crippen LogP contribution in [0.3, 0.4) is 0 Å². The molecule has 31 heavy (non-hydrogen) atoms. The molecule has 3 aromatic carbocycles. The first-order chi connectivity index (χ1) is 15.1. The number of nitrogens with zero attached hydrogens (tertiary/aromatic N) is 2. The number of nitrogens with one attached hydrogen (secondary N) is 1. The van der Waals surface area contributed by atoms with Crippen LogP contribution >= 0.6 is 11.8 Å². The first kappa shape index (κ1) is 20.4. The second-order valence-corrected chi connectivity index (χ2v) is 7.62.